The molecule has 3 aromatic rings. The van der Waals surface area contributed by atoms with Crippen LogP contribution in [0.25, 0.3) is 17.1 Å². The summed E-state index contributed by atoms with van der Waals surface area (Å²) in [5.74, 6) is -1.01. The van der Waals surface area contributed by atoms with Crippen molar-refractivity contribution in [3.63, 3.8) is 0 Å². The number of benzene rings is 2. The molecule has 1 atom stereocenters. The van der Waals surface area contributed by atoms with E-state index in [4.69, 9.17) is 8.76 Å². The van der Waals surface area contributed by atoms with E-state index in [1.807, 2.05) is 0 Å². The number of hydrogen-bond acceptors (Lipinski definition) is 4. The van der Waals surface area contributed by atoms with E-state index >= 15 is 0 Å². The highest BCUT2D eigenvalue weighted by Gasteiger charge is 2.37. The third-order valence-electron chi connectivity index (χ3n) is 2.96. The Morgan fingerprint density at radius 3 is 2.12 bits per heavy atom. The molecule has 0 saturated carbocycles. The summed E-state index contributed by atoms with van der Waals surface area (Å²) >= 11 is 0.934. The zero-order valence-electron chi connectivity index (χ0n) is 12.9. The van der Waals surface area contributed by atoms with Gasteiger partial charge in [0.05, 0.1) is 5.69 Å². The lowest BCUT2D eigenvalue weighted by molar-refractivity contribution is -0.144. The van der Waals surface area contributed by atoms with Crippen LogP contribution in [-0.2, 0) is 17.4 Å². The minimum Gasteiger partial charge on any atom is -0.760 e. The summed E-state index contributed by atoms with van der Waals surface area (Å²) in [7, 11) is 0. The zero-order chi connectivity index (χ0) is 19.3. The van der Waals surface area contributed by atoms with Crippen molar-refractivity contribution in [3.8, 4) is 17.1 Å². The van der Waals surface area contributed by atoms with E-state index in [9.17, 15) is 13.2 Å². The van der Waals surface area contributed by atoms with Crippen LogP contribution in [0.5, 0.6) is 0 Å². The zero-order valence-corrected chi connectivity index (χ0v) is 15.3. The molecule has 1 aromatic heterocycles. The maximum absolute atomic E-state index is 12.9. The molecule has 26 heavy (non-hydrogen) atoms. The predicted octanol–water partition coefficient (Wildman–Crippen LogP) is 3.45. The molecule has 2 aromatic carbocycles. The lowest BCUT2D eigenvalue weighted by Gasteiger charge is -2.05. The second-order valence-electron chi connectivity index (χ2n) is 4.77. The standard InChI is InChI=1S/C15H9BrF3N3.H3NO2S/c16-11-8-6-10(7-9-11)13-20-14(15(17,18)19)21-22(13)12-4-2-1-3-5-12;1-4(2)3/h1-9H;1H2,(H,2,3)/p-1. The molecule has 0 aliphatic carbocycles. The monoisotopic (exact) mass is 447 g/mol. The first-order valence-electron chi connectivity index (χ1n) is 6.88. The van der Waals surface area contributed by atoms with Crippen LogP contribution in [0.15, 0.2) is 59.1 Å². The topological polar surface area (TPSA) is 96.9 Å². The molecule has 11 heteroatoms. The molecule has 2 N–H and O–H groups in total. The summed E-state index contributed by atoms with van der Waals surface area (Å²) in [4.78, 5) is 3.67. The van der Waals surface area contributed by atoms with Crippen molar-refractivity contribution in [2.24, 2.45) is 5.14 Å². The first-order chi connectivity index (χ1) is 12.2. The number of rotatable bonds is 2. The molecule has 0 radical (unpaired) electrons. The highest BCUT2D eigenvalue weighted by molar-refractivity contribution is 9.10. The Bertz CT molecular complexity index is 882. The molecular weight excluding hydrogens is 437 g/mol. The van der Waals surface area contributed by atoms with Crippen LogP contribution in [0.1, 0.15) is 5.82 Å². The predicted molar refractivity (Wildman–Crippen MR) is 92.6 cm³/mol. The van der Waals surface area contributed by atoms with E-state index in [0.717, 1.165) is 4.47 Å². The van der Waals surface area contributed by atoms with Gasteiger partial charge in [0.1, 0.15) is 0 Å². The van der Waals surface area contributed by atoms with Crippen LogP contribution in [0, 0.1) is 0 Å². The fraction of sp³-hybridized carbons (Fsp3) is 0.0667. The van der Waals surface area contributed by atoms with Gasteiger partial charge in [0.15, 0.2) is 5.82 Å². The number of aromatic nitrogens is 3. The molecule has 0 aliphatic heterocycles. The van der Waals surface area contributed by atoms with Crippen LogP contribution in [0.3, 0.4) is 0 Å². The number of para-hydroxylation sites is 1. The van der Waals surface area contributed by atoms with Crippen molar-refractivity contribution in [2.45, 2.75) is 6.18 Å². The lowest BCUT2D eigenvalue weighted by atomic mass is 10.2. The second-order valence-corrected chi connectivity index (χ2v) is 6.21. The minimum atomic E-state index is -4.59. The van der Waals surface area contributed by atoms with E-state index in [0.29, 0.717) is 11.3 Å². The third-order valence-corrected chi connectivity index (χ3v) is 3.49. The van der Waals surface area contributed by atoms with E-state index in [1.54, 1.807) is 54.6 Å². The normalized spacial score (nSPS) is 12.2. The largest absolute Gasteiger partial charge is 0.760 e. The quantitative estimate of drug-likeness (QED) is 0.608. The molecule has 1 unspecified atom stereocenters. The number of nitrogens with two attached hydrogens (primary N) is 1. The molecule has 0 aliphatic rings. The summed E-state index contributed by atoms with van der Waals surface area (Å²) in [6, 6.07) is 15.5. The number of hydrogen-bond donors (Lipinski definition) is 1. The van der Waals surface area contributed by atoms with Gasteiger partial charge in [0.2, 0.25) is 0 Å². The fourth-order valence-corrected chi connectivity index (χ4v) is 2.23. The Hall–Kier alpha value is -2.08. The Balaban J connectivity index is 0.000000552. The molecular formula is C15H11BrF3N4O2S-. The summed E-state index contributed by atoms with van der Waals surface area (Å²) in [6.07, 6.45) is -4.59. The van der Waals surface area contributed by atoms with Crippen LogP contribution in [-0.4, -0.2) is 23.5 Å². The number of nitrogens with zero attached hydrogens (tertiary/aromatic N) is 3. The van der Waals surface area contributed by atoms with Crippen LogP contribution in [0.4, 0.5) is 13.2 Å². The van der Waals surface area contributed by atoms with Crippen molar-refractivity contribution >= 4 is 27.2 Å². The van der Waals surface area contributed by atoms with Crippen molar-refractivity contribution < 1.29 is 21.9 Å². The third kappa shape index (κ3) is 5.46. The Labute approximate surface area is 157 Å². The van der Waals surface area contributed by atoms with E-state index in [-0.39, 0.29) is 5.82 Å². The first kappa shape index (κ1) is 20.2. The van der Waals surface area contributed by atoms with Gasteiger partial charge in [-0.3, -0.25) is 9.35 Å². The molecule has 3 rings (SSSR count). The Morgan fingerprint density at radius 1 is 1.08 bits per heavy atom. The Morgan fingerprint density at radius 2 is 1.62 bits per heavy atom. The van der Waals surface area contributed by atoms with Crippen LogP contribution in [0.2, 0.25) is 0 Å². The molecule has 0 fully saturated rings. The summed E-state index contributed by atoms with van der Waals surface area (Å²) in [5.41, 5.74) is 1.07. The molecule has 138 valence electrons. The lowest BCUT2D eigenvalue weighted by Crippen LogP contribution is -2.08. The van der Waals surface area contributed by atoms with Gasteiger partial charge in [-0.05, 0) is 24.3 Å². The van der Waals surface area contributed by atoms with Crippen molar-refractivity contribution in [3.05, 3.63) is 64.9 Å². The van der Waals surface area contributed by atoms with E-state index in [2.05, 4.69) is 31.2 Å². The van der Waals surface area contributed by atoms with Gasteiger partial charge < -0.3 is 4.55 Å². The molecule has 0 bridgehead atoms. The van der Waals surface area contributed by atoms with Crippen LogP contribution >= 0.6 is 15.9 Å². The van der Waals surface area contributed by atoms with Gasteiger partial charge in [-0.2, -0.15) is 13.2 Å². The minimum absolute atomic E-state index is 0.144. The highest BCUT2D eigenvalue weighted by atomic mass is 79.9. The van der Waals surface area contributed by atoms with Gasteiger partial charge in [-0.1, -0.05) is 46.3 Å². The van der Waals surface area contributed by atoms with Crippen molar-refractivity contribution in [1.29, 1.82) is 0 Å². The van der Waals surface area contributed by atoms with Gasteiger partial charge in [-0.25, -0.2) is 9.67 Å². The Kier molecular flexibility index (Phi) is 6.64. The number of halogens is 4. The number of alkyl halides is 3. The molecule has 0 spiro atoms. The van der Waals surface area contributed by atoms with Crippen LogP contribution < -0.4 is 5.14 Å². The molecule has 1 heterocycles. The molecule has 0 amide bonds. The van der Waals surface area contributed by atoms with Gasteiger partial charge in [0, 0.05) is 21.3 Å². The summed E-state index contributed by atoms with van der Waals surface area (Å²) in [5, 5.41) is 7.65. The molecule has 0 saturated heterocycles. The van der Waals surface area contributed by atoms with Gasteiger partial charge >= 0.3 is 6.18 Å². The SMILES string of the molecule is FC(F)(F)c1nc(-c2ccc(Br)cc2)n(-c2ccccc2)n1.NS(=O)[O-]. The van der Waals surface area contributed by atoms with E-state index in [1.165, 1.54) is 4.68 Å². The maximum atomic E-state index is 12.9. The average molecular weight is 448 g/mol. The second kappa shape index (κ2) is 8.54. The molecule has 6 nitrogen and oxygen atoms in total. The highest BCUT2D eigenvalue weighted by Crippen LogP contribution is 2.30. The summed E-state index contributed by atoms with van der Waals surface area (Å²) < 4.78 is 58.4. The van der Waals surface area contributed by atoms with E-state index < -0.39 is 23.3 Å². The first-order valence-corrected chi connectivity index (χ1v) is 8.81. The fourth-order valence-electron chi connectivity index (χ4n) is 1.97. The smallest absolute Gasteiger partial charge is 0.453 e. The van der Waals surface area contributed by atoms with Gasteiger partial charge in [-0.15, -0.1) is 5.10 Å². The van der Waals surface area contributed by atoms with Crippen molar-refractivity contribution in [2.75, 3.05) is 0 Å². The average Bonchev–Trinajstić information content (AvgIpc) is 3.01. The maximum Gasteiger partial charge on any atom is 0.453 e. The summed E-state index contributed by atoms with van der Waals surface area (Å²) in [6.45, 7) is 0. The van der Waals surface area contributed by atoms with Crippen molar-refractivity contribution in [1.82, 2.24) is 14.8 Å². The van der Waals surface area contributed by atoms with Gasteiger partial charge in [0.25, 0.3) is 5.82 Å².